The number of nitrogens with zero attached hydrogens (tertiary/aromatic N) is 5. The van der Waals surface area contributed by atoms with Crippen LogP contribution in [-0.4, -0.2) is 119 Å². The summed E-state index contributed by atoms with van der Waals surface area (Å²) in [6.45, 7) is 8.34. The fourth-order valence-corrected chi connectivity index (χ4v) is 8.56. The Balaban J connectivity index is 1.53. The van der Waals surface area contributed by atoms with Crippen LogP contribution in [0.4, 0.5) is 9.59 Å². The van der Waals surface area contributed by atoms with Crippen molar-refractivity contribution in [2.45, 2.75) is 70.3 Å². The molecule has 1 fully saturated rings. The molecular formula is C36H50N6O8S2. The molecule has 2 aromatic carbocycles. The normalized spacial score (nSPS) is 15.3. The Morgan fingerprint density at radius 3 is 2.31 bits per heavy atom. The van der Waals surface area contributed by atoms with E-state index in [-0.39, 0.29) is 55.4 Å². The number of urea groups is 1. The van der Waals surface area contributed by atoms with E-state index < -0.39 is 40.2 Å². The number of hydrogen-bond donors (Lipinski definition) is 3. The van der Waals surface area contributed by atoms with Gasteiger partial charge in [-0.15, -0.1) is 11.3 Å². The number of methoxy groups -OCH3 is 1. The molecule has 0 bridgehead atoms. The van der Waals surface area contributed by atoms with Crippen LogP contribution >= 0.6 is 11.3 Å². The maximum atomic E-state index is 14.1. The number of ether oxygens (including phenoxy) is 1. The van der Waals surface area contributed by atoms with E-state index in [1.165, 1.54) is 46.8 Å². The Labute approximate surface area is 310 Å². The number of sulfonamides is 1. The second-order valence-corrected chi connectivity index (χ2v) is 16.6. The second kappa shape index (κ2) is 18.0. The number of aliphatic hydroxyl groups is 1. The minimum absolute atomic E-state index is 0.0567. The van der Waals surface area contributed by atoms with Gasteiger partial charge in [0.2, 0.25) is 15.9 Å². The number of carboxylic acid groups (broad SMARTS) is 1. The number of carbonyl (C=O) groups is 3. The van der Waals surface area contributed by atoms with Gasteiger partial charge in [0.25, 0.3) is 0 Å². The van der Waals surface area contributed by atoms with Gasteiger partial charge < -0.3 is 35.0 Å². The van der Waals surface area contributed by atoms with Crippen LogP contribution in [0.3, 0.4) is 0 Å². The van der Waals surface area contributed by atoms with Crippen molar-refractivity contribution >= 4 is 39.4 Å². The van der Waals surface area contributed by atoms with Crippen molar-refractivity contribution in [2.75, 3.05) is 40.3 Å². The summed E-state index contributed by atoms with van der Waals surface area (Å²) in [6.07, 6.45) is -2.14. The van der Waals surface area contributed by atoms with E-state index in [1.54, 1.807) is 22.4 Å². The summed E-state index contributed by atoms with van der Waals surface area (Å²) in [6, 6.07) is 13.3. The molecule has 0 saturated carbocycles. The van der Waals surface area contributed by atoms with Crippen molar-refractivity contribution in [3.05, 3.63) is 76.2 Å². The first-order valence-electron chi connectivity index (χ1n) is 17.2. The molecule has 4 rings (SSSR count). The van der Waals surface area contributed by atoms with E-state index in [2.05, 4.69) is 10.3 Å². The Hall–Kier alpha value is -4.25. The second-order valence-electron chi connectivity index (χ2n) is 13.7. The Kier molecular flexibility index (Phi) is 14.0. The summed E-state index contributed by atoms with van der Waals surface area (Å²) in [5.41, 5.74) is 1.46. The molecule has 14 nitrogen and oxygen atoms in total. The van der Waals surface area contributed by atoms with E-state index in [4.69, 9.17) is 4.74 Å². The first-order chi connectivity index (χ1) is 24.6. The third-order valence-electron chi connectivity index (χ3n) is 8.76. The van der Waals surface area contributed by atoms with Crippen molar-refractivity contribution in [1.29, 1.82) is 0 Å². The summed E-state index contributed by atoms with van der Waals surface area (Å²) in [5, 5.41) is 26.3. The molecule has 3 N–H and O–H groups in total. The van der Waals surface area contributed by atoms with Gasteiger partial charge >= 0.3 is 12.1 Å². The predicted octanol–water partition coefficient (Wildman–Crippen LogP) is 3.96. The molecule has 1 aliphatic rings. The number of benzene rings is 2. The number of carbonyl (C=O) groups excluding carboxylic acids is 2. The smallest absolute Gasteiger partial charge is 0.407 e. The molecule has 0 spiro atoms. The van der Waals surface area contributed by atoms with Crippen molar-refractivity contribution in [3.63, 3.8) is 0 Å². The van der Waals surface area contributed by atoms with Crippen LogP contribution in [0.2, 0.25) is 0 Å². The molecule has 1 aromatic heterocycles. The Bertz CT molecular complexity index is 1750. The van der Waals surface area contributed by atoms with E-state index in [1.807, 2.05) is 58.0 Å². The highest BCUT2D eigenvalue weighted by Gasteiger charge is 2.40. The van der Waals surface area contributed by atoms with Gasteiger partial charge in [0.15, 0.2) is 0 Å². The van der Waals surface area contributed by atoms with Gasteiger partial charge in [0, 0.05) is 38.6 Å². The van der Waals surface area contributed by atoms with E-state index in [0.29, 0.717) is 29.5 Å². The largest absolute Gasteiger partial charge is 0.497 e. The monoisotopic (exact) mass is 758 g/mol. The van der Waals surface area contributed by atoms with Gasteiger partial charge in [-0.05, 0) is 48.1 Å². The standard InChI is InChI=1S/C36H50N6O8S2/c1-24(2)19-41(52(48,49)29-14-12-28(50-6)13-15-29)21-31(43)30(18-26-10-8-7-9-11-26)38-34(44)33(25(3)4)42-17-16-40(35(42)45)20-27-23-51-32(37-27)22-39(5)36(46)47/h7-15,23-25,30-31,33,43H,16-22H2,1-6H3,(H,38,44)(H,46,47)/t30-,31-,33-/m0/s1. The molecule has 284 valence electrons. The van der Waals surface area contributed by atoms with Crippen molar-refractivity contribution < 1.29 is 37.8 Å². The zero-order chi connectivity index (χ0) is 38.2. The average Bonchev–Trinajstić information content (AvgIpc) is 3.69. The van der Waals surface area contributed by atoms with Gasteiger partial charge in [-0.2, -0.15) is 4.31 Å². The molecule has 3 atom stereocenters. The summed E-state index contributed by atoms with van der Waals surface area (Å²) in [7, 11) is -1.08. The molecule has 0 radical (unpaired) electrons. The number of aromatic nitrogens is 1. The molecule has 2 heterocycles. The number of hydrogen-bond acceptors (Lipinski definition) is 9. The zero-order valence-electron chi connectivity index (χ0n) is 30.5. The summed E-state index contributed by atoms with van der Waals surface area (Å²) in [4.78, 5) is 47.9. The summed E-state index contributed by atoms with van der Waals surface area (Å²) >= 11 is 1.31. The van der Waals surface area contributed by atoms with Crippen LogP contribution in [-0.2, 0) is 34.3 Å². The maximum Gasteiger partial charge on any atom is 0.407 e. The van der Waals surface area contributed by atoms with E-state index >= 15 is 0 Å². The topological polar surface area (TPSA) is 173 Å². The molecule has 3 aromatic rings. The highest BCUT2D eigenvalue weighted by molar-refractivity contribution is 7.89. The van der Waals surface area contributed by atoms with E-state index in [0.717, 1.165) is 10.5 Å². The molecule has 4 amide bonds. The highest BCUT2D eigenvalue weighted by Crippen LogP contribution is 2.24. The number of thiazole rings is 1. The fraction of sp³-hybridized carbons (Fsp3) is 0.500. The summed E-state index contributed by atoms with van der Waals surface area (Å²) < 4.78 is 34.2. The van der Waals surface area contributed by atoms with Crippen LogP contribution in [0.5, 0.6) is 5.75 Å². The van der Waals surface area contributed by atoms with Crippen LogP contribution in [0.25, 0.3) is 0 Å². The minimum atomic E-state index is -4.03. The highest BCUT2D eigenvalue weighted by atomic mass is 32.2. The molecule has 1 saturated heterocycles. The van der Waals surface area contributed by atoms with Gasteiger partial charge in [0.05, 0.1) is 42.9 Å². The Morgan fingerprint density at radius 1 is 1.04 bits per heavy atom. The van der Waals surface area contributed by atoms with Crippen LogP contribution < -0.4 is 10.1 Å². The molecule has 52 heavy (non-hydrogen) atoms. The maximum absolute atomic E-state index is 14.1. The average molecular weight is 759 g/mol. The lowest BCUT2D eigenvalue weighted by Crippen LogP contribution is -2.57. The fourth-order valence-electron chi connectivity index (χ4n) is 6.10. The molecule has 0 aliphatic carbocycles. The lowest BCUT2D eigenvalue weighted by Gasteiger charge is -2.34. The third-order valence-corrected chi connectivity index (χ3v) is 11.5. The van der Waals surface area contributed by atoms with Crippen molar-refractivity contribution in [1.82, 2.24) is 29.3 Å². The van der Waals surface area contributed by atoms with Crippen LogP contribution in [0.1, 0.15) is 44.0 Å². The van der Waals surface area contributed by atoms with Crippen molar-refractivity contribution in [2.24, 2.45) is 11.8 Å². The SMILES string of the molecule is COc1ccc(S(=O)(=O)N(CC(C)C)C[C@H](O)[C@H](Cc2ccccc2)NC(=O)[C@H](C(C)C)N2CCN(Cc3csc(CN(C)C(=O)O)n3)C2=O)cc1. The Morgan fingerprint density at radius 2 is 1.71 bits per heavy atom. The predicted molar refractivity (Wildman–Crippen MR) is 197 cm³/mol. The lowest BCUT2D eigenvalue weighted by atomic mass is 9.97. The number of aliphatic hydroxyl groups excluding tert-OH is 1. The van der Waals surface area contributed by atoms with Crippen LogP contribution in [0.15, 0.2) is 64.9 Å². The number of nitrogens with one attached hydrogen (secondary N) is 1. The first-order valence-corrected chi connectivity index (χ1v) is 19.5. The number of amides is 4. The van der Waals surface area contributed by atoms with Gasteiger partial charge in [0.1, 0.15) is 16.8 Å². The van der Waals surface area contributed by atoms with Crippen molar-refractivity contribution in [3.8, 4) is 5.75 Å². The number of rotatable bonds is 18. The lowest BCUT2D eigenvalue weighted by molar-refractivity contribution is -0.128. The third kappa shape index (κ3) is 10.4. The van der Waals surface area contributed by atoms with E-state index in [9.17, 15) is 33.0 Å². The minimum Gasteiger partial charge on any atom is -0.497 e. The van der Waals surface area contributed by atoms with Crippen LogP contribution in [0, 0.1) is 11.8 Å². The first kappa shape index (κ1) is 40.5. The summed E-state index contributed by atoms with van der Waals surface area (Å²) in [5.74, 6) is -0.286. The molecule has 0 unspecified atom stereocenters. The molecule has 16 heteroatoms. The van der Waals surface area contributed by atoms with Gasteiger partial charge in [-0.1, -0.05) is 58.0 Å². The molecule has 1 aliphatic heterocycles. The quantitative estimate of drug-likeness (QED) is 0.174. The van der Waals surface area contributed by atoms with Gasteiger partial charge in [-0.25, -0.2) is 23.0 Å². The zero-order valence-corrected chi connectivity index (χ0v) is 32.1. The molecular weight excluding hydrogens is 709 g/mol. The van der Waals surface area contributed by atoms with Gasteiger partial charge in [-0.3, -0.25) is 4.79 Å².